The molecule has 0 saturated heterocycles. The minimum Gasteiger partial charge on any atom is -0.497 e. The molecule has 1 aromatic carbocycles. The molecule has 0 bridgehead atoms. The normalized spacial score (nSPS) is 10.0. The second-order valence-corrected chi connectivity index (χ2v) is 4.29. The summed E-state index contributed by atoms with van der Waals surface area (Å²) >= 11 is 5.67. The lowest BCUT2D eigenvalue weighted by atomic mass is 10.2. The van der Waals surface area contributed by atoms with Gasteiger partial charge in [-0.1, -0.05) is 23.7 Å². The van der Waals surface area contributed by atoms with E-state index in [-0.39, 0.29) is 5.91 Å². The highest BCUT2D eigenvalue weighted by atomic mass is 35.5. The van der Waals surface area contributed by atoms with Crippen LogP contribution in [0, 0.1) is 0 Å². The molecule has 0 aliphatic rings. The summed E-state index contributed by atoms with van der Waals surface area (Å²) in [6.45, 7) is 0.429. The Bertz CT molecular complexity index is 570. The maximum absolute atomic E-state index is 11.9. The van der Waals surface area contributed by atoms with Crippen molar-refractivity contribution in [2.75, 3.05) is 7.11 Å². The van der Waals surface area contributed by atoms with Crippen molar-refractivity contribution in [1.82, 2.24) is 10.3 Å². The number of halogens is 1. The standard InChI is InChI=1S/C14H13ClN2O2/c1-19-12-4-2-3-10(7-12)8-17-14(18)11-5-6-13(15)16-9-11/h2-7,9H,8H2,1H3,(H,17,18). The fourth-order valence-corrected chi connectivity index (χ4v) is 1.69. The zero-order valence-corrected chi connectivity index (χ0v) is 11.1. The number of nitrogens with one attached hydrogen (secondary N) is 1. The van der Waals surface area contributed by atoms with Gasteiger partial charge in [0.25, 0.3) is 5.91 Å². The Kier molecular flexibility index (Phi) is 4.36. The van der Waals surface area contributed by atoms with E-state index in [9.17, 15) is 4.79 Å². The smallest absolute Gasteiger partial charge is 0.253 e. The monoisotopic (exact) mass is 276 g/mol. The van der Waals surface area contributed by atoms with Gasteiger partial charge in [0.2, 0.25) is 0 Å². The Morgan fingerprint density at radius 2 is 2.21 bits per heavy atom. The van der Waals surface area contributed by atoms with Gasteiger partial charge in [-0.3, -0.25) is 4.79 Å². The highest BCUT2D eigenvalue weighted by Gasteiger charge is 2.05. The topological polar surface area (TPSA) is 51.2 Å². The highest BCUT2D eigenvalue weighted by molar-refractivity contribution is 6.29. The van der Waals surface area contributed by atoms with Crippen molar-refractivity contribution in [1.29, 1.82) is 0 Å². The SMILES string of the molecule is COc1cccc(CNC(=O)c2ccc(Cl)nc2)c1. The molecule has 0 saturated carbocycles. The van der Waals surface area contributed by atoms with Crippen LogP contribution in [0.5, 0.6) is 5.75 Å². The van der Waals surface area contributed by atoms with E-state index in [0.717, 1.165) is 11.3 Å². The van der Waals surface area contributed by atoms with Crippen molar-refractivity contribution < 1.29 is 9.53 Å². The third-order valence-electron chi connectivity index (χ3n) is 2.58. The number of carbonyl (C=O) groups is 1. The van der Waals surface area contributed by atoms with Crippen LogP contribution in [0.15, 0.2) is 42.6 Å². The van der Waals surface area contributed by atoms with Gasteiger partial charge in [-0.2, -0.15) is 0 Å². The Hall–Kier alpha value is -2.07. The summed E-state index contributed by atoms with van der Waals surface area (Å²) in [5, 5.41) is 3.17. The van der Waals surface area contributed by atoms with Crippen molar-refractivity contribution in [3.8, 4) is 5.75 Å². The summed E-state index contributed by atoms with van der Waals surface area (Å²) in [6, 6.07) is 10.8. The maximum Gasteiger partial charge on any atom is 0.253 e. The lowest BCUT2D eigenvalue weighted by Gasteiger charge is -2.06. The third-order valence-corrected chi connectivity index (χ3v) is 2.80. The Balaban J connectivity index is 1.98. The third kappa shape index (κ3) is 3.69. The zero-order valence-electron chi connectivity index (χ0n) is 10.4. The number of aromatic nitrogens is 1. The highest BCUT2D eigenvalue weighted by Crippen LogP contribution is 2.12. The molecule has 2 rings (SSSR count). The fourth-order valence-electron chi connectivity index (χ4n) is 1.58. The molecule has 0 aliphatic carbocycles. The van der Waals surface area contributed by atoms with Crippen LogP contribution in [0.4, 0.5) is 0 Å². The van der Waals surface area contributed by atoms with Crippen LogP contribution >= 0.6 is 11.6 Å². The van der Waals surface area contributed by atoms with Crippen LogP contribution in [0.1, 0.15) is 15.9 Å². The van der Waals surface area contributed by atoms with E-state index >= 15 is 0 Å². The molecule has 0 atom stereocenters. The summed E-state index contributed by atoms with van der Waals surface area (Å²) in [6.07, 6.45) is 1.45. The predicted octanol–water partition coefficient (Wildman–Crippen LogP) is 2.67. The van der Waals surface area contributed by atoms with Gasteiger partial charge in [0.05, 0.1) is 12.7 Å². The molecular formula is C14H13ClN2O2. The Morgan fingerprint density at radius 1 is 1.37 bits per heavy atom. The van der Waals surface area contributed by atoms with E-state index < -0.39 is 0 Å². The van der Waals surface area contributed by atoms with Crippen molar-refractivity contribution in [2.45, 2.75) is 6.54 Å². The maximum atomic E-state index is 11.9. The molecule has 1 amide bonds. The van der Waals surface area contributed by atoms with Crippen LogP contribution < -0.4 is 10.1 Å². The first kappa shape index (κ1) is 13.4. The summed E-state index contributed by atoms with van der Waals surface area (Å²) in [5.74, 6) is 0.576. The number of methoxy groups -OCH3 is 1. The minimum atomic E-state index is -0.188. The average molecular weight is 277 g/mol. The minimum absolute atomic E-state index is 0.188. The van der Waals surface area contributed by atoms with Crippen LogP contribution in [-0.4, -0.2) is 18.0 Å². The lowest BCUT2D eigenvalue weighted by molar-refractivity contribution is 0.0950. The summed E-state index contributed by atoms with van der Waals surface area (Å²) < 4.78 is 5.12. The molecular weight excluding hydrogens is 264 g/mol. The number of hydrogen-bond acceptors (Lipinski definition) is 3. The number of rotatable bonds is 4. The summed E-state index contributed by atoms with van der Waals surface area (Å²) in [5.41, 5.74) is 1.45. The van der Waals surface area contributed by atoms with E-state index in [1.165, 1.54) is 6.20 Å². The van der Waals surface area contributed by atoms with Gasteiger partial charge < -0.3 is 10.1 Å². The second kappa shape index (κ2) is 6.20. The van der Waals surface area contributed by atoms with E-state index in [1.54, 1.807) is 19.2 Å². The molecule has 5 heteroatoms. The van der Waals surface area contributed by atoms with Crippen LogP contribution in [0.3, 0.4) is 0 Å². The number of benzene rings is 1. The lowest BCUT2D eigenvalue weighted by Crippen LogP contribution is -2.22. The van der Waals surface area contributed by atoms with Crippen LogP contribution in [0.2, 0.25) is 5.15 Å². The molecule has 2 aromatic rings. The van der Waals surface area contributed by atoms with Gasteiger partial charge in [-0.05, 0) is 29.8 Å². The number of amides is 1. The fraction of sp³-hybridized carbons (Fsp3) is 0.143. The van der Waals surface area contributed by atoms with E-state index in [4.69, 9.17) is 16.3 Å². The molecule has 1 heterocycles. The van der Waals surface area contributed by atoms with Gasteiger partial charge >= 0.3 is 0 Å². The first-order chi connectivity index (χ1) is 9.19. The molecule has 98 valence electrons. The number of pyridine rings is 1. The first-order valence-corrected chi connectivity index (χ1v) is 6.09. The van der Waals surface area contributed by atoms with Gasteiger partial charge in [-0.15, -0.1) is 0 Å². The molecule has 1 N–H and O–H groups in total. The number of carbonyl (C=O) groups excluding carboxylic acids is 1. The van der Waals surface area contributed by atoms with Crippen molar-refractivity contribution >= 4 is 17.5 Å². The van der Waals surface area contributed by atoms with Gasteiger partial charge in [0, 0.05) is 12.7 Å². The first-order valence-electron chi connectivity index (χ1n) is 5.72. The molecule has 19 heavy (non-hydrogen) atoms. The second-order valence-electron chi connectivity index (χ2n) is 3.90. The van der Waals surface area contributed by atoms with E-state index in [0.29, 0.717) is 17.3 Å². The number of nitrogens with zero attached hydrogens (tertiary/aromatic N) is 1. The van der Waals surface area contributed by atoms with Crippen molar-refractivity contribution in [3.05, 3.63) is 58.9 Å². The Morgan fingerprint density at radius 3 is 2.89 bits per heavy atom. The van der Waals surface area contributed by atoms with E-state index in [2.05, 4.69) is 10.3 Å². The van der Waals surface area contributed by atoms with Crippen LogP contribution in [-0.2, 0) is 6.54 Å². The van der Waals surface area contributed by atoms with Gasteiger partial charge in [0.15, 0.2) is 0 Å². The molecule has 1 aromatic heterocycles. The van der Waals surface area contributed by atoms with Crippen molar-refractivity contribution in [2.24, 2.45) is 0 Å². The molecule has 0 spiro atoms. The largest absolute Gasteiger partial charge is 0.497 e. The summed E-state index contributed by atoms with van der Waals surface area (Å²) in [7, 11) is 1.61. The molecule has 0 radical (unpaired) electrons. The zero-order chi connectivity index (χ0) is 13.7. The summed E-state index contributed by atoms with van der Waals surface area (Å²) in [4.78, 5) is 15.7. The quantitative estimate of drug-likeness (QED) is 0.874. The average Bonchev–Trinajstić information content (AvgIpc) is 2.46. The van der Waals surface area contributed by atoms with E-state index in [1.807, 2.05) is 24.3 Å². The number of hydrogen-bond donors (Lipinski definition) is 1. The van der Waals surface area contributed by atoms with Gasteiger partial charge in [-0.25, -0.2) is 4.98 Å². The predicted molar refractivity (Wildman–Crippen MR) is 73.4 cm³/mol. The molecule has 0 fully saturated rings. The Labute approximate surface area is 116 Å². The van der Waals surface area contributed by atoms with Crippen molar-refractivity contribution in [3.63, 3.8) is 0 Å². The van der Waals surface area contributed by atoms with Gasteiger partial charge in [0.1, 0.15) is 10.9 Å². The van der Waals surface area contributed by atoms with Crippen LogP contribution in [0.25, 0.3) is 0 Å². The molecule has 4 nitrogen and oxygen atoms in total. The molecule has 0 unspecified atom stereocenters. The number of ether oxygens (including phenoxy) is 1. The molecule has 0 aliphatic heterocycles.